The summed E-state index contributed by atoms with van der Waals surface area (Å²) in [4.78, 5) is 0. The first-order chi connectivity index (χ1) is 4.42. The molecule has 0 aromatic carbocycles. The molecule has 0 aliphatic rings. The molecule has 0 amide bonds. The summed E-state index contributed by atoms with van der Waals surface area (Å²) in [5, 5.41) is 5.26. The van der Waals surface area contributed by atoms with Gasteiger partial charge in [0.2, 0.25) is 5.96 Å². The Hall–Kier alpha value is -1.27. The minimum Gasteiger partial charge on any atom is -0.369 e. The first-order valence-corrected chi connectivity index (χ1v) is 2.11. The fourth-order valence-corrected chi connectivity index (χ4v) is 0.161. The largest absolute Gasteiger partial charge is 0.428 e. The van der Waals surface area contributed by atoms with Gasteiger partial charge in [-0.05, 0) is 0 Å². The Balaban J connectivity index is 3.90. The highest BCUT2D eigenvalue weighted by molar-refractivity contribution is 5.76. The minimum absolute atomic E-state index is 0.313. The maximum atomic E-state index is 11.2. The quantitative estimate of drug-likeness (QED) is 0.312. The SMILES string of the molecule is NC(N)=NN=CC(F)(F)F. The Morgan fingerprint density at radius 1 is 1.30 bits per heavy atom. The predicted molar refractivity (Wildman–Crippen MR) is 30.4 cm³/mol. The Labute approximate surface area is 54.4 Å². The molecule has 0 saturated heterocycles. The zero-order valence-corrected chi connectivity index (χ0v) is 4.76. The van der Waals surface area contributed by atoms with Gasteiger partial charge in [-0.3, -0.25) is 0 Å². The van der Waals surface area contributed by atoms with Crippen LogP contribution in [-0.2, 0) is 0 Å². The number of guanidine groups is 1. The van der Waals surface area contributed by atoms with Crippen LogP contribution >= 0.6 is 0 Å². The minimum atomic E-state index is -4.47. The van der Waals surface area contributed by atoms with E-state index >= 15 is 0 Å². The molecule has 0 rings (SSSR count). The molecule has 4 N–H and O–H groups in total. The van der Waals surface area contributed by atoms with Crippen LogP contribution in [0.3, 0.4) is 0 Å². The molecular formula is C3H5F3N4. The van der Waals surface area contributed by atoms with Gasteiger partial charge in [-0.15, -0.1) is 5.10 Å². The zero-order valence-electron chi connectivity index (χ0n) is 4.76. The molecule has 0 heterocycles. The van der Waals surface area contributed by atoms with E-state index in [2.05, 4.69) is 21.7 Å². The van der Waals surface area contributed by atoms with Crippen molar-refractivity contribution >= 4 is 12.2 Å². The zero-order chi connectivity index (χ0) is 8.20. The molecule has 10 heavy (non-hydrogen) atoms. The molecule has 7 heteroatoms. The third kappa shape index (κ3) is 6.73. The summed E-state index contributed by atoms with van der Waals surface area (Å²) in [5.41, 5.74) is 9.34. The number of hydrogen-bond donors (Lipinski definition) is 2. The highest BCUT2D eigenvalue weighted by atomic mass is 19.4. The summed E-state index contributed by atoms with van der Waals surface area (Å²) in [5.74, 6) is -0.513. The van der Waals surface area contributed by atoms with Gasteiger partial charge in [0.25, 0.3) is 0 Å². The number of rotatable bonds is 1. The van der Waals surface area contributed by atoms with Gasteiger partial charge in [-0.1, -0.05) is 0 Å². The summed E-state index contributed by atoms with van der Waals surface area (Å²) in [7, 11) is 0. The summed E-state index contributed by atoms with van der Waals surface area (Å²) < 4.78 is 33.6. The van der Waals surface area contributed by atoms with Crippen molar-refractivity contribution < 1.29 is 13.2 Å². The normalized spacial score (nSPS) is 11.9. The van der Waals surface area contributed by atoms with Crippen LogP contribution in [0.1, 0.15) is 0 Å². The second-order valence-electron chi connectivity index (χ2n) is 1.31. The Morgan fingerprint density at radius 2 is 1.80 bits per heavy atom. The van der Waals surface area contributed by atoms with Crippen molar-refractivity contribution in [3.63, 3.8) is 0 Å². The fourth-order valence-electron chi connectivity index (χ4n) is 0.161. The van der Waals surface area contributed by atoms with E-state index in [4.69, 9.17) is 0 Å². The van der Waals surface area contributed by atoms with Gasteiger partial charge < -0.3 is 11.5 Å². The predicted octanol–water partition coefficient (Wildman–Crippen LogP) is -0.192. The molecule has 0 spiro atoms. The second-order valence-corrected chi connectivity index (χ2v) is 1.31. The first-order valence-electron chi connectivity index (χ1n) is 2.11. The lowest BCUT2D eigenvalue weighted by molar-refractivity contribution is -0.0537. The summed E-state index contributed by atoms with van der Waals surface area (Å²) in [6.07, 6.45) is -4.79. The van der Waals surface area contributed by atoms with Crippen LogP contribution in [-0.4, -0.2) is 18.4 Å². The number of nitrogens with zero attached hydrogens (tertiary/aromatic N) is 2. The highest BCUT2D eigenvalue weighted by Gasteiger charge is 2.23. The van der Waals surface area contributed by atoms with Crippen LogP contribution in [0.15, 0.2) is 10.2 Å². The Morgan fingerprint density at radius 3 is 2.10 bits per heavy atom. The van der Waals surface area contributed by atoms with Gasteiger partial charge in [0, 0.05) is 0 Å². The van der Waals surface area contributed by atoms with E-state index in [1.807, 2.05) is 0 Å². The molecule has 0 fully saturated rings. The van der Waals surface area contributed by atoms with Gasteiger partial charge in [-0.25, -0.2) is 0 Å². The van der Waals surface area contributed by atoms with Crippen molar-refractivity contribution in [1.29, 1.82) is 0 Å². The van der Waals surface area contributed by atoms with E-state index in [1.54, 1.807) is 0 Å². The maximum Gasteiger partial charge on any atom is 0.428 e. The van der Waals surface area contributed by atoms with Crippen molar-refractivity contribution in [3.05, 3.63) is 0 Å². The Kier molecular flexibility index (Phi) is 2.65. The van der Waals surface area contributed by atoms with Gasteiger partial charge in [0.1, 0.15) is 6.21 Å². The van der Waals surface area contributed by atoms with Crippen LogP contribution in [0.5, 0.6) is 0 Å². The van der Waals surface area contributed by atoms with Gasteiger partial charge in [0.05, 0.1) is 0 Å². The topological polar surface area (TPSA) is 76.8 Å². The smallest absolute Gasteiger partial charge is 0.369 e. The molecule has 0 bridgehead atoms. The molecule has 58 valence electrons. The first kappa shape index (κ1) is 8.73. The third-order valence-corrected chi connectivity index (χ3v) is 0.377. The molecule has 0 atom stereocenters. The van der Waals surface area contributed by atoms with Crippen LogP contribution in [0.2, 0.25) is 0 Å². The average Bonchev–Trinajstić information content (AvgIpc) is 1.59. The molecule has 0 aromatic rings. The van der Waals surface area contributed by atoms with E-state index in [0.29, 0.717) is 0 Å². The molecule has 0 saturated carbocycles. The van der Waals surface area contributed by atoms with Crippen molar-refractivity contribution in [2.75, 3.05) is 0 Å². The van der Waals surface area contributed by atoms with Gasteiger partial charge in [-0.2, -0.15) is 18.3 Å². The summed E-state index contributed by atoms with van der Waals surface area (Å²) in [6, 6.07) is 0. The standard InChI is InChI=1S/C3H5F3N4/c4-3(5,6)1-9-10-2(7)8/h1H,(H4,7,8,10). The summed E-state index contributed by atoms with van der Waals surface area (Å²) in [6.45, 7) is 0. The van der Waals surface area contributed by atoms with Crippen LogP contribution in [0, 0.1) is 0 Å². The monoisotopic (exact) mass is 154 g/mol. The fraction of sp³-hybridized carbons (Fsp3) is 0.333. The third-order valence-electron chi connectivity index (χ3n) is 0.377. The van der Waals surface area contributed by atoms with E-state index in [1.165, 1.54) is 0 Å². The van der Waals surface area contributed by atoms with E-state index < -0.39 is 12.1 Å². The van der Waals surface area contributed by atoms with Crippen molar-refractivity contribution in [2.45, 2.75) is 6.18 Å². The van der Waals surface area contributed by atoms with Crippen LogP contribution in [0.25, 0.3) is 0 Å². The Bertz CT molecular complexity index is 154. The average molecular weight is 154 g/mol. The number of nitrogens with two attached hydrogens (primary N) is 2. The van der Waals surface area contributed by atoms with Crippen LogP contribution in [0.4, 0.5) is 13.2 Å². The lowest BCUT2D eigenvalue weighted by atomic mass is 10.7. The molecule has 0 aromatic heterocycles. The van der Waals surface area contributed by atoms with Crippen molar-refractivity contribution in [3.8, 4) is 0 Å². The summed E-state index contributed by atoms with van der Waals surface area (Å²) >= 11 is 0. The molecular weight excluding hydrogens is 149 g/mol. The van der Waals surface area contributed by atoms with Crippen molar-refractivity contribution in [2.24, 2.45) is 21.7 Å². The van der Waals surface area contributed by atoms with Crippen LogP contribution < -0.4 is 11.5 Å². The van der Waals surface area contributed by atoms with Crippen molar-refractivity contribution in [1.82, 2.24) is 0 Å². The van der Waals surface area contributed by atoms with E-state index in [-0.39, 0.29) is 6.21 Å². The molecule has 0 unspecified atom stereocenters. The van der Waals surface area contributed by atoms with Gasteiger partial charge in [0.15, 0.2) is 0 Å². The van der Waals surface area contributed by atoms with E-state index in [9.17, 15) is 13.2 Å². The number of hydrogen-bond acceptors (Lipinski definition) is 2. The lowest BCUT2D eigenvalue weighted by Gasteiger charge is -1.92. The molecule has 0 aliphatic carbocycles. The molecule has 0 aliphatic heterocycles. The number of halogens is 3. The second kappa shape index (κ2) is 3.04. The highest BCUT2D eigenvalue weighted by Crippen LogP contribution is 2.10. The number of alkyl halides is 3. The van der Waals surface area contributed by atoms with E-state index in [0.717, 1.165) is 0 Å². The molecule has 0 radical (unpaired) electrons. The molecule has 4 nitrogen and oxygen atoms in total. The van der Waals surface area contributed by atoms with Gasteiger partial charge >= 0.3 is 6.18 Å². The maximum absolute atomic E-state index is 11.2. The lowest BCUT2D eigenvalue weighted by Crippen LogP contribution is -2.22.